The highest BCUT2D eigenvalue weighted by Crippen LogP contribution is 2.27. The molecule has 2 atom stereocenters. The van der Waals surface area contributed by atoms with Gasteiger partial charge in [0.2, 0.25) is 0 Å². The van der Waals surface area contributed by atoms with Gasteiger partial charge in [0.15, 0.2) is 0 Å². The van der Waals surface area contributed by atoms with Gasteiger partial charge in [0.25, 0.3) is 0 Å². The first-order valence-corrected chi connectivity index (χ1v) is 8.08. The van der Waals surface area contributed by atoms with Crippen molar-refractivity contribution in [2.45, 2.75) is 85.2 Å². The Morgan fingerprint density at radius 3 is 2.00 bits per heavy atom. The van der Waals surface area contributed by atoms with E-state index in [9.17, 15) is 0 Å². The molecule has 0 aliphatic carbocycles. The van der Waals surface area contributed by atoms with Crippen LogP contribution in [0.5, 0.6) is 0 Å². The van der Waals surface area contributed by atoms with Crippen molar-refractivity contribution in [1.29, 1.82) is 0 Å². The van der Waals surface area contributed by atoms with Crippen LogP contribution >= 0.6 is 0 Å². The lowest BCUT2D eigenvalue weighted by Gasteiger charge is -2.46. The van der Waals surface area contributed by atoms with Crippen LogP contribution in [0, 0.1) is 0 Å². The van der Waals surface area contributed by atoms with E-state index in [-0.39, 0.29) is 0 Å². The van der Waals surface area contributed by atoms with E-state index in [1.54, 1.807) is 0 Å². The Bertz CT molecular complexity index is 190. The van der Waals surface area contributed by atoms with Crippen molar-refractivity contribution in [3.05, 3.63) is 0 Å². The second-order valence-corrected chi connectivity index (χ2v) is 5.49. The SMILES string of the molecule is CCCCCC(NCC)C(C)(CC)N(CC)CC. The van der Waals surface area contributed by atoms with Crippen molar-refractivity contribution in [2.24, 2.45) is 0 Å². The Hall–Kier alpha value is -0.0800. The van der Waals surface area contributed by atoms with Crippen molar-refractivity contribution in [1.82, 2.24) is 10.2 Å². The highest BCUT2D eigenvalue weighted by Gasteiger charge is 2.35. The third-order valence-electron chi connectivity index (χ3n) is 4.50. The minimum absolute atomic E-state index is 0.299. The number of likely N-dealkylation sites (N-methyl/N-ethyl adjacent to an activating group) is 2. The normalized spacial score (nSPS) is 16.8. The highest BCUT2D eigenvalue weighted by molar-refractivity contribution is 4.95. The maximum atomic E-state index is 3.74. The molecule has 0 saturated carbocycles. The molecule has 1 N–H and O–H groups in total. The first-order chi connectivity index (χ1) is 8.60. The summed E-state index contributed by atoms with van der Waals surface area (Å²) in [6.45, 7) is 17.2. The van der Waals surface area contributed by atoms with Crippen LogP contribution in [-0.4, -0.2) is 36.1 Å². The first-order valence-electron chi connectivity index (χ1n) is 8.08. The van der Waals surface area contributed by atoms with E-state index >= 15 is 0 Å². The maximum absolute atomic E-state index is 3.74. The van der Waals surface area contributed by atoms with Gasteiger partial charge < -0.3 is 5.32 Å². The summed E-state index contributed by atoms with van der Waals surface area (Å²) in [4.78, 5) is 2.63. The Morgan fingerprint density at radius 1 is 1.00 bits per heavy atom. The molecule has 110 valence electrons. The lowest BCUT2D eigenvalue weighted by atomic mass is 9.84. The number of rotatable bonds is 11. The monoisotopic (exact) mass is 256 g/mol. The smallest absolute Gasteiger partial charge is 0.0331 e. The van der Waals surface area contributed by atoms with Crippen LogP contribution in [0.25, 0.3) is 0 Å². The molecule has 0 bridgehead atoms. The van der Waals surface area contributed by atoms with E-state index in [0.29, 0.717) is 11.6 Å². The quantitative estimate of drug-likeness (QED) is 0.561. The van der Waals surface area contributed by atoms with Gasteiger partial charge >= 0.3 is 0 Å². The molecule has 0 spiro atoms. The molecule has 0 rings (SSSR count). The Balaban J connectivity index is 4.76. The molecule has 18 heavy (non-hydrogen) atoms. The number of nitrogens with one attached hydrogen (secondary N) is 1. The minimum Gasteiger partial charge on any atom is -0.312 e. The van der Waals surface area contributed by atoms with Crippen molar-refractivity contribution < 1.29 is 0 Å². The van der Waals surface area contributed by atoms with Crippen LogP contribution in [0.15, 0.2) is 0 Å². The summed E-state index contributed by atoms with van der Waals surface area (Å²) < 4.78 is 0. The van der Waals surface area contributed by atoms with Crippen molar-refractivity contribution in [3.8, 4) is 0 Å². The van der Waals surface area contributed by atoms with Gasteiger partial charge in [0.1, 0.15) is 0 Å². The van der Waals surface area contributed by atoms with Gasteiger partial charge in [-0.3, -0.25) is 4.90 Å². The van der Waals surface area contributed by atoms with E-state index in [4.69, 9.17) is 0 Å². The Kier molecular flexibility index (Phi) is 9.76. The lowest BCUT2D eigenvalue weighted by Crippen LogP contribution is -2.59. The van der Waals surface area contributed by atoms with Crippen LogP contribution in [0.1, 0.15) is 73.6 Å². The second-order valence-electron chi connectivity index (χ2n) is 5.49. The van der Waals surface area contributed by atoms with Crippen molar-refractivity contribution in [3.63, 3.8) is 0 Å². The number of hydrogen-bond acceptors (Lipinski definition) is 2. The molecular weight excluding hydrogens is 220 g/mol. The van der Waals surface area contributed by atoms with E-state index in [1.807, 2.05) is 0 Å². The van der Waals surface area contributed by atoms with Gasteiger partial charge in [0, 0.05) is 11.6 Å². The van der Waals surface area contributed by atoms with Gasteiger partial charge in [-0.25, -0.2) is 0 Å². The fourth-order valence-electron chi connectivity index (χ4n) is 3.11. The van der Waals surface area contributed by atoms with Crippen LogP contribution in [0.4, 0.5) is 0 Å². The fraction of sp³-hybridized carbons (Fsp3) is 1.00. The summed E-state index contributed by atoms with van der Waals surface area (Å²) >= 11 is 0. The average molecular weight is 256 g/mol. The van der Waals surface area contributed by atoms with E-state index in [1.165, 1.54) is 32.1 Å². The number of unbranched alkanes of at least 4 members (excludes halogenated alkanes) is 2. The first kappa shape index (κ1) is 17.9. The third-order valence-corrected chi connectivity index (χ3v) is 4.50. The molecule has 0 saturated heterocycles. The molecule has 2 unspecified atom stereocenters. The zero-order chi connectivity index (χ0) is 14.0. The molecule has 0 aromatic carbocycles. The zero-order valence-corrected chi connectivity index (χ0v) is 13.7. The molecule has 0 fully saturated rings. The summed E-state index contributed by atoms with van der Waals surface area (Å²) in [5.74, 6) is 0. The molecule has 0 aromatic heterocycles. The largest absolute Gasteiger partial charge is 0.312 e. The Morgan fingerprint density at radius 2 is 1.61 bits per heavy atom. The average Bonchev–Trinajstić information content (AvgIpc) is 2.39. The van der Waals surface area contributed by atoms with E-state index in [0.717, 1.165) is 19.6 Å². The molecule has 0 aliphatic rings. The predicted molar refractivity (Wildman–Crippen MR) is 83.2 cm³/mol. The van der Waals surface area contributed by atoms with Gasteiger partial charge in [-0.1, -0.05) is 53.9 Å². The van der Waals surface area contributed by atoms with Crippen LogP contribution < -0.4 is 5.32 Å². The molecule has 0 amide bonds. The summed E-state index contributed by atoms with van der Waals surface area (Å²) in [6.07, 6.45) is 6.55. The van der Waals surface area contributed by atoms with Crippen molar-refractivity contribution >= 4 is 0 Å². The summed E-state index contributed by atoms with van der Waals surface area (Å²) in [5.41, 5.74) is 0.299. The van der Waals surface area contributed by atoms with Gasteiger partial charge in [0.05, 0.1) is 0 Å². The molecule has 0 heterocycles. The second kappa shape index (κ2) is 9.80. The standard InChI is InChI=1S/C16H36N2/c1-7-12-13-14-15(17-9-3)16(6,8-2)18(10-4)11-5/h15,17H,7-14H2,1-6H3. The topological polar surface area (TPSA) is 15.3 Å². The van der Waals surface area contributed by atoms with Crippen LogP contribution in [0.2, 0.25) is 0 Å². The Labute approximate surface area is 116 Å². The molecule has 0 aromatic rings. The lowest BCUT2D eigenvalue weighted by molar-refractivity contribution is 0.0663. The molecule has 0 aliphatic heterocycles. The molecule has 2 nitrogen and oxygen atoms in total. The summed E-state index contributed by atoms with van der Waals surface area (Å²) in [7, 11) is 0. The zero-order valence-electron chi connectivity index (χ0n) is 13.7. The van der Waals surface area contributed by atoms with Crippen molar-refractivity contribution in [2.75, 3.05) is 19.6 Å². The maximum Gasteiger partial charge on any atom is 0.0331 e. The highest BCUT2D eigenvalue weighted by atomic mass is 15.2. The van der Waals surface area contributed by atoms with Gasteiger partial charge in [-0.15, -0.1) is 0 Å². The molecule has 0 radical (unpaired) electrons. The third kappa shape index (κ3) is 4.89. The fourth-order valence-corrected chi connectivity index (χ4v) is 3.11. The van der Waals surface area contributed by atoms with E-state index in [2.05, 4.69) is 51.8 Å². The minimum atomic E-state index is 0.299. The molecule has 2 heteroatoms. The van der Waals surface area contributed by atoms with Gasteiger partial charge in [-0.2, -0.15) is 0 Å². The van der Waals surface area contributed by atoms with E-state index < -0.39 is 0 Å². The number of hydrogen-bond donors (Lipinski definition) is 1. The van der Waals surface area contributed by atoms with Gasteiger partial charge in [-0.05, 0) is 39.4 Å². The summed E-state index contributed by atoms with van der Waals surface area (Å²) in [5, 5.41) is 3.74. The van der Waals surface area contributed by atoms with Crippen LogP contribution in [-0.2, 0) is 0 Å². The summed E-state index contributed by atoms with van der Waals surface area (Å²) in [6, 6.07) is 0.624. The predicted octanol–water partition coefficient (Wildman–Crippen LogP) is 4.06. The van der Waals surface area contributed by atoms with Crippen LogP contribution in [0.3, 0.4) is 0 Å². The number of nitrogens with zero attached hydrogens (tertiary/aromatic N) is 1. The molecular formula is C16H36N2.